The number of anilines is 2. The highest BCUT2D eigenvalue weighted by Gasteiger charge is 2.81. The van der Waals surface area contributed by atoms with Gasteiger partial charge in [0.2, 0.25) is 0 Å². The van der Waals surface area contributed by atoms with Gasteiger partial charge in [-0.1, -0.05) is 19.9 Å². The Bertz CT molecular complexity index is 1350. The lowest BCUT2D eigenvalue weighted by atomic mass is 9.38. The van der Waals surface area contributed by atoms with Crippen molar-refractivity contribution in [2.24, 2.45) is 5.41 Å². The summed E-state index contributed by atoms with van der Waals surface area (Å²) in [6, 6.07) is 2.07. The highest BCUT2D eigenvalue weighted by Crippen LogP contribution is 2.76. The summed E-state index contributed by atoms with van der Waals surface area (Å²) in [5.74, 6) is 2.97. The lowest BCUT2D eigenvalue weighted by Crippen LogP contribution is -2.79. The van der Waals surface area contributed by atoms with Crippen molar-refractivity contribution in [3.05, 3.63) is 53.0 Å². The predicted octanol–water partition coefficient (Wildman–Crippen LogP) is 4.89. The van der Waals surface area contributed by atoms with Crippen molar-refractivity contribution in [1.29, 1.82) is 0 Å². The first-order valence-electron chi connectivity index (χ1n) is 12.3. The third kappa shape index (κ3) is 3.18. The van der Waals surface area contributed by atoms with Crippen molar-refractivity contribution < 1.29 is 13.2 Å². The fraction of sp³-hybridized carbons (Fsp3) is 0.538. The first kappa shape index (κ1) is 23.2. The highest BCUT2D eigenvalue weighted by molar-refractivity contribution is 5.70. The Labute approximate surface area is 208 Å². The number of rotatable bonds is 5. The Morgan fingerprint density at radius 1 is 1.06 bits per heavy atom. The van der Waals surface area contributed by atoms with Crippen LogP contribution in [0, 0.1) is 19.3 Å². The van der Waals surface area contributed by atoms with Crippen LogP contribution in [0.4, 0.5) is 24.8 Å². The van der Waals surface area contributed by atoms with E-state index >= 15 is 0 Å². The topological polar surface area (TPSA) is 71.8 Å². The molecule has 0 saturated heterocycles. The number of aromatic nitrogens is 5. The van der Waals surface area contributed by atoms with Crippen LogP contribution in [0.3, 0.4) is 0 Å². The van der Waals surface area contributed by atoms with E-state index in [-0.39, 0.29) is 24.7 Å². The van der Waals surface area contributed by atoms with Crippen LogP contribution < -0.4 is 10.2 Å². The van der Waals surface area contributed by atoms with Gasteiger partial charge < -0.3 is 10.2 Å². The van der Waals surface area contributed by atoms with E-state index in [0.717, 1.165) is 39.8 Å². The van der Waals surface area contributed by atoms with Gasteiger partial charge in [-0.2, -0.15) is 13.2 Å². The molecule has 3 saturated carbocycles. The van der Waals surface area contributed by atoms with Crippen molar-refractivity contribution in [3.63, 3.8) is 0 Å². The zero-order valence-electron chi connectivity index (χ0n) is 21.2. The fourth-order valence-electron chi connectivity index (χ4n) is 6.55. The first-order valence-corrected chi connectivity index (χ1v) is 12.3. The summed E-state index contributed by atoms with van der Waals surface area (Å²) < 4.78 is 42.6. The van der Waals surface area contributed by atoms with E-state index in [0.29, 0.717) is 18.8 Å². The first-order chi connectivity index (χ1) is 16.9. The summed E-state index contributed by atoms with van der Waals surface area (Å²) in [5, 5.41) is 3.22. The summed E-state index contributed by atoms with van der Waals surface area (Å²) in [6.07, 6.45) is 2.32. The second-order valence-corrected chi connectivity index (χ2v) is 11.5. The van der Waals surface area contributed by atoms with E-state index in [1.165, 1.54) is 0 Å². The SMILES string of the molecule is CNc1nc(Cc2cnc(-n3cnc(C)c3)c(C)c2)nc2c1C(C)(C)CN2C12CC(C(F)(F)F)(C1)C2. The van der Waals surface area contributed by atoms with Gasteiger partial charge in [0.05, 0.1) is 11.1 Å². The van der Waals surface area contributed by atoms with Gasteiger partial charge in [-0.25, -0.2) is 19.9 Å². The number of imidazole rings is 1. The predicted molar refractivity (Wildman–Crippen MR) is 131 cm³/mol. The van der Waals surface area contributed by atoms with Gasteiger partial charge in [-0.15, -0.1) is 0 Å². The zero-order chi connectivity index (χ0) is 25.7. The molecule has 0 aromatic carbocycles. The van der Waals surface area contributed by atoms with Gasteiger partial charge in [0.1, 0.15) is 29.6 Å². The molecule has 0 radical (unpaired) electrons. The van der Waals surface area contributed by atoms with E-state index in [4.69, 9.17) is 9.97 Å². The molecular formula is C26H30F3N7. The molecule has 3 fully saturated rings. The van der Waals surface area contributed by atoms with Crippen LogP contribution >= 0.6 is 0 Å². The summed E-state index contributed by atoms with van der Waals surface area (Å²) in [6.45, 7) is 8.82. The van der Waals surface area contributed by atoms with Gasteiger partial charge in [0.25, 0.3) is 0 Å². The average molecular weight is 498 g/mol. The monoisotopic (exact) mass is 497 g/mol. The maximum atomic E-state index is 13.6. The molecule has 0 spiro atoms. The van der Waals surface area contributed by atoms with Gasteiger partial charge in [0.15, 0.2) is 0 Å². The second-order valence-electron chi connectivity index (χ2n) is 11.5. The Hall–Kier alpha value is -3.17. The Kier molecular flexibility index (Phi) is 4.65. The van der Waals surface area contributed by atoms with Crippen molar-refractivity contribution >= 4 is 11.6 Å². The minimum atomic E-state index is -4.13. The van der Waals surface area contributed by atoms with Crippen LogP contribution in [-0.2, 0) is 11.8 Å². The molecule has 3 aromatic heterocycles. The number of nitrogens with one attached hydrogen (secondary N) is 1. The number of alkyl halides is 3. The van der Waals surface area contributed by atoms with E-state index in [1.807, 2.05) is 37.9 Å². The number of fused-ring (bicyclic) bond motifs is 1. The normalized spacial score (nSPS) is 25.8. The number of hydrogen-bond donors (Lipinski definition) is 1. The minimum absolute atomic E-state index is 0.158. The van der Waals surface area contributed by atoms with E-state index in [9.17, 15) is 13.2 Å². The third-order valence-corrected chi connectivity index (χ3v) is 8.26. The molecule has 1 aliphatic heterocycles. The molecule has 7 rings (SSSR count). The molecule has 36 heavy (non-hydrogen) atoms. The maximum absolute atomic E-state index is 13.6. The quantitative estimate of drug-likeness (QED) is 0.541. The highest BCUT2D eigenvalue weighted by atomic mass is 19.4. The standard InChI is InChI=1S/C26H30F3N7/c1-15-6-17(8-31-21(15)35-9-16(2)32-14-35)7-18-33-20(30-5)19-22(34-18)36(13-23(19,3)4)25-10-24(11-25,12-25)26(27,28)29/h6,8-9,14H,7,10-13H2,1-5H3,(H,30,33,34). The number of hydrogen-bond acceptors (Lipinski definition) is 6. The van der Waals surface area contributed by atoms with Gasteiger partial charge in [-0.3, -0.25) is 4.57 Å². The van der Waals surface area contributed by atoms with Crippen LogP contribution in [0.15, 0.2) is 24.8 Å². The Morgan fingerprint density at radius 3 is 2.36 bits per heavy atom. The number of nitrogens with zero attached hydrogens (tertiary/aromatic N) is 6. The second kappa shape index (κ2) is 7.20. The van der Waals surface area contributed by atoms with Crippen molar-refractivity contribution in [2.45, 2.75) is 70.5 Å². The van der Waals surface area contributed by atoms with Crippen molar-refractivity contribution in [3.8, 4) is 5.82 Å². The van der Waals surface area contributed by atoms with Crippen LogP contribution in [0.5, 0.6) is 0 Å². The molecule has 190 valence electrons. The fourth-order valence-corrected chi connectivity index (χ4v) is 6.55. The van der Waals surface area contributed by atoms with Gasteiger partial charge in [0, 0.05) is 48.9 Å². The molecule has 0 amide bonds. The lowest BCUT2D eigenvalue weighted by molar-refractivity contribution is -0.332. The lowest BCUT2D eigenvalue weighted by Gasteiger charge is -2.73. The van der Waals surface area contributed by atoms with Gasteiger partial charge in [-0.05, 0) is 44.2 Å². The average Bonchev–Trinajstić information content (AvgIpc) is 3.25. The van der Waals surface area contributed by atoms with Gasteiger partial charge >= 0.3 is 6.18 Å². The van der Waals surface area contributed by atoms with Crippen LogP contribution in [0.25, 0.3) is 5.82 Å². The summed E-state index contributed by atoms with van der Waals surface area (Å²) >= 11 is 0. The van der Waals surface area contributed by atoms with E-state index in [2.05, 4.69) is 40.1 Å². The molecule has 0 unspecified atom stereocenters. The summed E-state index contributed by atoms with van der Waals surface area (Å²) in [7, 11) is 1.83. The molecule has 0 atom stereocenters. The molecule has 1 N–H and O–H groups in total. The molecule has 3 aliphatic carbocycles. The molecule has 10 heteroatoms. The molecule has 3 aromatic rings. The zero-order valence-corrected chi connectivity index (χ0v) is 21.2. The third-order valence-electron chi connectivity index (χ3n) is 8.26. The molecule has 4 heterocycles. The van der Waals surface area contributed by atoms with Crippen LogP contribution in [0.2, 0.25) is 0 Å². The number of aryl methyl sites for hydroxylation is 2. The van der Waals surface area contributed by atoms with Crippen molar-refractivity contribution in [1.82, 2.24) is 24.5 Å². The van der Waals surface area contributed by atoms with Crippen LogP contribution in [0.1, 0.15) is 61.3 Å². The largest absolute Gasteiger partial charge is 0.394 e. The number of halogens is 3. The summed E-state index contributed by atoms with van der Waals surface area (Å²) in [5.41, 5.74) is 1.67. The molecular weight excluding hydrogens is 467 g/mol. The summed E-state index contributed by atoms with van der Waals surface area (Å²) in [4.78, 5) is 20.8. The smallest absolute Gasteiger partial charge is 0.373 e. The van der Waals surface area contributed by atoms with Crippen molar-refractivity contribution in [2.75, 3.05) is 23.8 Å². The maximum Gasteiger partial charge on any atom is 0.394 e. The molecule has 7 nitrogen and oxygen atoms in total. The minimum Gasteiger partial charge on any atom is -0.373 e. The Balaban J connectivity index is 1.32. The van der Waals surface area contributed by atoms with Crippen LogP contribution in [-0.4, -0.2) is 49.8 Å². The molecule has 2 bridgehead atoms. The van der Waals surface area contributed by atoms with E-state index in [1.54, 1.807) is 6.33 Å². The number of pyridine rings is 1. The van der Waals surface area contributed by atoms with E-state index < -0.39 is 17.1 Å². The molecule has 4 aliphatic rings. The Morgan fingerprint density at radius 2 is 1.78 bits per heavy atom.